The van der Waals surface area contributed by atoms with Crippen LogP contribution >= 0.6 is 12.4 Å². The van der Waals surface area contributed by atoms with Gasteiger partial charge in [-0.1, -0.05) is 66.2 Å². The third-order valence-corrected chi connectivity index (χ3v) is 5.53. The Bertz CT molecular complexity index is 1330. The lowest BCUT2D eigenvalue weighted by Gasteiger charge is -2.24. The van der Waals surface area contributed by atoms with Crippen molar-refractivity contribution >= 4 is 35.9 Å². The van der Waals surface area contributed by atoms with Gasteiger partial charge in [0.25, 0.3) is 11.9 Å². The molecule has 0 spiro atoms. The number of rotatable bonds is 5. The normalized spacial score (nSPS) is 14.2. The summed E-state index contributed by atoms with van der Waals surface area (Å²) in [6.45, 7) is 2.06. The van der Waals surface area contributed by atoms with Crippen LogP contribution in [0.25, 0.3) is 5.70 Å². The van der Waals surface area contributed by atoms with Crippen LogP contribution in [0.15, 0.2) is 84.9 Å². The van der Waals surface area contributed by atoms with Crippen LogP contribution in [0.5, 0.6) is 5.75 Å². The zero-order chi connectivity index (χ0) is 22.8. The van der Waals surface area contributed by atoms with Crippen molar-refractivity contribution in [1.82, 2.24) is 14.8 Å². The van der Waals surface area contributed by atoms with Crippen molar-refractivity contribution in [2.45, 2.75) is 13.0 Å². The molecular weight excluding hydrogens is 450 g/mol. The first kappa shape index (κ1) is 23.1. The number of carbonyl (C=O) groups excluding carboxylic acids is 1. The highest BCUT2D eigenvalue weighted by atomic mass is 35.5. The SMILES string of the molecule is COc1cccc(C(=O)Nc2nc3n(n2)C(c2ccc(C)cc2)C=C(c2ccccc2)N3)c1.Cl. The molecule has 0 radical (unpaired) electrons. The van der Waals surface area contributed by atoms with E-state index in [2.05, 4.69) is 58.0 Å². The maximum atomic E-state index is 12.8. The number of nitrogens with zero attached hydrogens (tertiary/aromatic N) is 3. The fourth-order valence-corrected chi connectivity index (χ4v) is 3.77. The van der Waals surface area contributed by atoms with Crippen molar-refractivity contribution in [3.63, 3.8) is 0 Å². The monoisotopic (exact) mass is 473 g/mol. The number of fused-ring (bicyclic) bond motifs is 1. The zero-order valence-electron chi connectivity index (χ0n) is 18.7. The highest BCUT2D eigenvalue weighted by molar-refractivity contribution is 6.03. The molecule has 2 N–H and O–H groups in total. The molecule has 172 valence electrons. The van der Waals surface area contributed by atoms with E-state index in [0.717, 1.165) is 16.8 Å². The van der Waals surface area contributed by atoms with Crippen molar-refractivity contribution in [3.8, 4) is 5.75 Å². The van der Waals surface area contributed by atoms with Gasteiger partial charge in [-0.3, -0.25) is 10.1 Å². The van der Waals surface area contributed by atoms with E-state index < -0.39 is 0 Å². The van der Waals surface area contributed by atoms with Crippen LogP contribution in [0.4, 0.5) is 11.9 Å². The van der Waals surface area contributed by atoms with Crippen LogP contribution in [0.2, 0.25) is 0 Å². The molecule has 0 saturated heterocycles. The first-order valence-corrected chi connectivity index (χ1v) is 10.6. The maximum Gasteiger partial charge on any atom is 0.258 e. The van der Waals surface area contributed by atoms with Crippen molar-refractivity contribution in [2.24, 2.45) is 0 Å². The first-order chi connectivity index (χ1) is 16.1. The molecule has 1 unspecified atom stereocenters. The van der Waals surface area contributed by atoms with Crippen molar-refractivity contribution < 1.29 is 9.53 Å². The molecule has 2 heterocycles. The minimum atomic E-state index is -0.306. The number of benzene rings is 3. The van der Waals surface area contributed by atoms with E-state index in [1.54, 1.807) is 36.1 Å². The number of methoxy groups -OCH3 is 1. The third kappa shape index (κ3) is 4.65. The van der Waals surface area contributed by atoms with E-state index in [1.807, 2.05) is 30.3 Å². The standard InChI is InChI=1S/C26H23N5O2.ClH/c1-17-11-13-19(14-12-17)23-16-22(18-7-4-3-5-8-18)27-26-29-25(30-31(23)26)28-24(32)20-9-6-10-21(15-20)33-2;/h3-16,23H,1-2H3,(H2,27,28,29,30,32);1H. The molecule has 1 atom stereocenters. The molecule has 7 nitrogen and oxygen atoms in total. The second-order valence-corrected chi connectivity index (χ2v) is 7.82. The number of anilines is 2. The Labute approximate surface area is 203 Å². The van der Waals surface area contributed by atoms with E-state index in [-0.39, 0.29) is 30.3 Å². The van der Waals surface area contributed by atoms with E-state index in [4.69, 9.17) is 4.74 Å². The minimum Gasteiger partial charge on any atom is -0.497 e. The highest BCUT2D eigenvalue weighted by Gasteiger charge is 2.26. The molecule has 4 aromatic rings. The van der Waals surface area contributed by atoms with Gasteiger partial charge in [0.05, 0.1) is 7.11 Å². The van der Waals surface area contributed by atoms with E-state index >= 15 is 0 Å². The van der Waals surface area contributed by atoms with Crippen molar-refractivity contribution in [2.75, 3.05) is 17.7 Å². The Morgan fingerprint density at radius 1 is 1.03 bits per heavy atom. The Morgan fingerprint density at radius 3 is 2.53 bits per heavy atom. The summed E-state index contributed by atoms with van der Waals surface area (Å²) in [7, 11) is 1.57. The lowest BCUT2D eigenvalue weighted by Crippen LogP contribution is -2.20. The second-order valence-electron chi connectivity index (χ2n) is 7.82. The topological polar surface area (TPSA) is 81.1 Å². The summed E-state index contributed by atoms with van der Waals surface area (Å²) < 4.78 is 7.00. The number of hydrogen-bond acceptors (Lipinski definition) is 5. The molecule has 5 rings (SSSR count). The Morgan fingerprint density at radius 2 is 1.79 bits per heavy atom. The number of carbonyl (C=O) groups is 1. The molecule has 0 saturated carbocycles. The Balaban J connectivity index is 0.00000274. The summed E-state index contributed by atoms with van der Waals surface area (Å²) in [4.78, 5) is 17.3. The Kier molecular flexibility index (Phi) is 6.65. The molecule has 1 amide bonds. The average molecular weight is 474 g/mol. The predicted octanol–water partition coefficient (Wildman–Crippen LogP) is 5.33. The molecule has 34 heavy (non-hydrogen) atoms. The molecule has 0 fully saturated rings. The number of aryl methyl sites for hydroxylation is 1. The highest BCUT2D eigenvalue weighted by Crippen LogP contribution is 2.33. The number of halogens is 1. The van der Waals surface area contributed by atoms with Gasteiger partial charge in [0.1, 0.15) is 11.8 Å². The molecule has 0 aliphatic carbocycles. The summed E-state index contributed by atoms with van der Waals surface area (Å²) in [5, 5.41) is 10.8. The molecule has 3 aromatic carbocycles. The number of aromatic nitrogens is 3. The summed E-state index contributed by atoms with van der Waals surface area (Å²) in [5.74, 6) is 1.09. The molecule has 0 bridgehead atoms. The molecular formula is C26H24ClN5O2. The van der Waals surface area contributed by atoms with Crippen molar-refractivity contribution in [1.29, 1.82) is 0 Å². The summed E-state index contributed by atoms with van der Waals surface area (Å²) in [6.07, 6.45) is 2.12. The average Bonchev–Trinajstić information content (AvgIpc) is 3.27. The van der Waals surface area contributed by atoms with Crippen molar-refractivity contribution in [3.05, 3.63) is 107 Å². The number of amides is 1. The lowest BCUT2D eigenvalue weighted by molar-refractivity contribution is 0.102. The van der Waals surface area contributed by atoms with Crippen LogP contribution in [-0.2, 0) is 0 Å². The largest absolute Gasteiger partial charge is 0.497 e. The van der Waals surface area contributed by atoms with Crippen LogP contribution < -0.4 is 15.4 Å². The fraction of sp³-hybridized carbons (Fsp3) is 0.115. The first-order valence-electron chi connectivity index (χ1n) is 10.6. The number of nitrogens with one attached hydrogen (secondary N) is 2. The predicted molar refractivity (Wildman–Crippen MR) is 136 cm³/mol. The van der Waals surface area contributed by atoms with Gasteiger partial charge in [0.15, 0.2) is 0 Å². The number of hydrogen-bond donors (Lipinski definition) is 2. The van der Waals surface area contributed by atoms with E-state index in [0.29, 0.717) is 17.3 Å². The van der Waals surface area contributed by atoms with Crippen LogP contribution in [0.3, 0.4) is 0 Å². The molecule has 1 aliphatic rings. The minimum absolute atomic E-state index is 0. The van der Waals surface area contributed by atoms with Crippen LogP contribution in [-0.4, -0.2) is 27.8 Å². The van der Waals surface area contributed by atoms with Gasteiger partial charge < -0.3 is 10.1 Å². The quantitative estimate of drug-likeness (QED) is 0.409. The van der Waals surface area contributed by atoms with Gasteiger partial charge in [-0.15, -0.1) is 17.5 Å². The van der Waals surface area contributed by atoms with Gasteiger partial charge in [0.2, 0.25) is 5.95 Å². The summed E-state index contributed by atoms with van der Waals surface area (Å²) >= 11 is 0. The van der Waals surface area contributed by atoms with E-state index in [1.165, 1.54) is 5.56 Å². The Hall–Kier alpha value is -4.10. The third-order valence-electron chi connectivity index (χ3n) is 5.53. The zero-order valence-corrected chi connectivity index (χ0v) is 19.5. The molecule has 1 aliphatic heterocycles. The van der Waals surface area contributed by atoms with Crippen LogP contribution in [0.1, 0.15) is 33.1 Å². The fourth-order valence-electron chi connectivity index (χ4n) is 3.77. The van der Waals surface area contributed by atoms with Gasteiger partial charge in [-0.2, -0.15) is 4.98 Å². The summed E-state index contributed by atoms with van der Waals surface area (Å²) in [6, 6.07) is 25.2. The molecule has 8 heteroatoms. The maximum absolute atomic E-state index is 12.8. The number of allylic oxidation sites excluding steroid dienone is 1. The molecule has 1 aromatic heterocycles. The van der Waals surface area contributed by atoms with Crippen LogP contribution in [0, 0.1) is 6.92 Å². The lowest BCUT2D eigenvalue weighted by atomic mass is 10.0. The smallest absolute Gasteiger partial charge is 0.258 e. The summed E-state index contributed by atoms with van der Waals surface area (Å²) in [5.41, 5.74) is 4.71. The van der Waals surface area contributed by atoms with Gasteiger partial charge in [0, 0.05) is 11.3 Å². The van der Waals surface area contributed by atoms with Gasteiger partial charge in [-0.25, -0.2) is 4.68 Å². The number of ether oxygens (including phenoxy) is 1. The second kappa shape index (κ2) is 9.80. The van der Waals surface area contributed by atoms with Gasteiger partial charge >= 0.3 is 0 Å². The van der Waals surface area contributed by atoms with Gasteiger partial charge in [-0.05, 0) is 42.3 Å². The van der Waals surface area contributed by atoms with E-state index in [9.17, 15) is 4.79 Å².